The third-order valence-electron chi connectivity index (χ3n) is 18.6. The van der Waals surface area contributed by atoms with Crippen LogP contribution in [0, 0.1) is 6.92 Å². The lowest BCUT2D eigenvalue weighted by Gasteiger charge is -2.19. The largest absolute Gasteiger partial charge is 0.464 e. The number of nitrogens with two attached hydrogens (primary N) is 2. The summed E-state index contributed by atoms with van der Waals surface area (Å²) < 4.78 is 5.29. The summed E-state index contributed by atoms with van der Waals surface area (Å²) >= 11 is 0. The van der Waals surface area contributed by atoms with Crippen LogP contribution in [-0.4, -0.2) is 56.6 Å². The molecule has 1 aliphatic heterocycles. The minimum absolute atomic E-state index is 0.214. The summed E-state index contributed by atoms with van der Waals surface area (Å²) in [6.45, 7) is 45.0. The highest BCUT2D eigenvalue weighted by atomic mass is 16.3. The Labute approximate surface area is 610 Å². The Morgan fingerprint density at radius 3 is 1.62 bits per heavy atom. The van der Waals surface area contributed by atoms with Gasteiger partial charge in [0, 0.05) is 54.0 Å². The molecule has 0 atom stereocenters. The van der Waals surface area contributed by atoms with Crippen molar-refractivity contribution in [1.29, 1.82) is 0 Å². The molecule has 9 heterocycles. The van der Waals surface area contributed by atoms with Gasteiger partial charge in [-0.2, -0.15) is 5.10 Å². The molecular formula is C89H111N13O. The number of aromatic nitrogens is 10. The monoisotopic (exact) mass is 1380 g/mol. The Bertz CT molecular complexity index is 5000. The zero-order valence-electron chi connectivity index (χ0n) is 64.6. The summed E-state index contributed by atoms with van der Waals surface area (Å²) in [7, 11) is 0. The zero-order valence-corrected chi connectivity index (χ0v) is 64.6. The number of pyridine rings is 2. The molecule has 14 nitrogen and oxygen atoms in total. The van der Waals surface area contributed by atoms with Crippen LogP contribution < -0.4 is 16.8 Å². The van der Waals surface area contributed by atoms with Crippen molar-refractivity contribution in [2.45, 2.75) is 191 Å². The number of hydrogen-bond donors (Lipinski definition) is 8. The van der Waals surface area contributed by atoms with E-state index in [0.29, 0.717) is 41.4 Å². The first kappa shape index (κ1) is 76.7. The molecule has 0 amide bonds. The predicted octanol–water partition coefficient (Wildman–Crippen LogP) is 23.7. The SMILES string of the molecule is CC(C)(C)c1ccc2[nH]ccc2c1.CC(C)(C)c1ccc2ccccc2c1.CC(C)(C)c1ccc2occc2c1.CC(C)c1cccc2[nH]c(N)nc12.CC(C)c1cccc2c(N)n[nH]c12.CC(C)c1ccnc2c1NCC2.CC(C)c1ccnc2cc[nH]c12.Cc1nc2c(C(C)C)cccc2[nH]1. The van der Waals surface area contributed by atoms with Gasteiger partial charge in [0.05, 0.1) is 56.3 Å². The number of nitrogen functional groups attached to an aromatic ring is 2. The second kappa shape index (κ2) is 33.5. The Kier molecular flexibility index (Phi) is 25.0. The number of aromatic amines is 5. The molecule has 0 bridgehead atoms. The van der Waals surface area contributed by atoms with Crippen LogP contribution in [0.2, 0.25) is 0 Å². The maximum atomic E-state index is 5.70. The number of nitrogens with one attached hydrogen (secondary N) is 6. The van der Waals surface area contributed by atoms with Gasteiger partial charge in [0.1, 0.15) is 11.4 Å². The Morgan fingerprint density at radius 1 is 0.447 bits per heavy atom. The molecule has 0 unspecified atom stereocenters. The fourth-order valence-electron chi connectivity index (χ4n) is 12.5. The molecule has 10 N–H and O–H groups in total. The van der Waals surface area contributed by atoms with Gasteiger partial charge in [0.2, 0.25) is 0 Å². The van der Waals surface area contributed by atoms with Gasteiger partial charge in [0.25, 0.3) is 0 Å². The van der Waals surface area contributed by atoms with Gasteiger partial charge in [-0.05, 0) is 186 Å². The van der Waals surface area contributed by atoms with Gasteiger partial charge in [-0.25, -0.2) is 9.97 Å². The molecule has 14 heteroatoms. The highest BCUT2D eigenvalue weighted by Crippen LogP contribution is 2.33. The topological polar surface area (TPSA) is 221 Å². The van der Waals surface area contributed by atoms with Gasteiger partial charge < -0.3 is 41.1 Å². The quantitative estimate of drug-likeness (QED) is 0.0820. The Balaban J connectivity index is 0.000000137. The zero-order chi connectivity index (χ0) is 74.5. The molecule has 8 aromatic heterocycles. The summed E-state index contributed by atoms with van der Waals surface area (Å²) in [6, 6.07) is 57.0. The lowest BCUT2D eigenvalue weighted by molar-refractivity contribution is 0.589. The van der Waals surface area contributed by atoms with Crippen molar-refractivity contribution in [2.75, 3.05) is 23.3 Å². The van der Waals surface area contributed by atoms with Gasteiger partial charge in [-0.3, -0.25) is 15.1 Å². The van der Waals surface area contributed by atoms with E-state index in [0.717, 1.165) is 62.9 Å². The van der Waals surface area contributed by atoms with E-state index in [1.807, 2.05) is 74.2 Å². The van der Waals surface area contributed by atoms with E-state index in [1.165, 1.54) is 88.5 Å². The van der Waals surface area contributed by atoms with E-state index in [2.05, 4.69) is 308 Å². The molecule has 0 fully saturated rings. The molecule has 0 radical (unpaired) electrons. The van der Waals surface area contributed by atoms with E-state index >= 15 is 0 Å². The first-order chi connectivity index (χ1) is 48.9. The highest BCUT2D eigenvalue weighted by Gasteiger charge is 2.19. The van der Waals surface area contributed by atoms with Gasteiger partial charge >= 0.3 is 0 Å². The molecule has 538 valence electrons. The van der Waals surface area contributed by atoms with E-state index in [4.69, 9.17) is 15.9 Å². The van der Waals surface area contributed by atoms with Crippen LogP contribution in [0.5, 0.6) is 0 Å². The summed E-state index contributed by atoms with van der Waals surface area (Å²) in [5.41, 5.74) is 35.0. The van der Waals surface area contributed by atoms with Crippen molar-refractivity contribution in [3.8, 4) is 0 Å². The smallest absolute Gasteiger partial charge is 0.198 e. The minimum atomic E-state index is 0.214. The number of anilines is 3. The average molecular weight is 1380 g/mol. The van der Waals surface area contributed by atoms with Crippen LogP contribution in [-0.2, 0) is 22.7 Å². The Hall–Kier alpha value is -10.5. The van der Waals surface area contributed by atoms with Crippen LogP contribution in [0.15, 0.2) is 199 Å². The number of nitrogens with zero attached hydrogens (tertiary/aromatic N) is 5. The maximum absolute atomic E-state index is 5.70. The molecule has 1 aliphatic rings. The Morgan fingerprint density at radius 2 is 0.981 bits per heavy atom. The molecule has 103 heavy (non-hydrogen) atoms. The van der Waals surface area contributed by atoms with E-state index < -0.39 is 0 Å². The normalized spacial score (nSPS) is 12.0. The number of H-pyrrole nitrogens is 5. The van der Waals surface area contributed by atoms with Crippen molar-refractivity contribution < 1.29 is 4.42 Å². The van der Waals surface area contributed by atoms with Crippen LogP contribution >= 0.6 is 0 Å². The van der Waals surface area contributed by atoms with Crippen LogP contribution in [0.3, 0.4) is 0 Å². The lowest BCUT2D eigenvalue weighted by atomic mass is 9.86. The van der Waals surface area contributed by atoms with Crippen LogP contribution in [0.25, 0.3) is 76.6 Å². The number of furan rings is 1. The molecule has 15 aromatic rings. The highest BCUT2D eigenvalue weighted by molar-refractivity contribution is 5.91. The van der Waals surface area contributed by atoms with Gasteiger partial charge in [-0.1, -0.05) is 223 Å². The molecule has 16 rings (SSSR count). The summed E-state index contributed by atoms with van der Waals surface area (Å²) in [4.78, 5) is 30.0. The number of aryl methyl sites for hydroxylation is 1. The predicted molar refractivity (Wildman–Crippen MR) is 439 cm³/mol. The van der Waals surface area contributed by atoms with E-state index in [1.54, 1.807) is 6.26 Å². The summed E-state index contributed by atoms with van der Waals surface area (Å²) in [6.07, 6.45) is 10.5. The van der Waals surface area contributed by atoms with E-state index in [9.17, 15) is 0 Å². The number of para-hydroxylation sites is 3. The summed E-state index contributed by atoms with van der Waals surface area (Å²) in [5, 5.41) is 16.5. The van der Waals surface area contributed by atoms with Crippen molar-refractivity contribution in [2.24, 2.45) is 0 Å². The average Bonchev–Trinajstić information content (AvgIpc) is 1.69. The molecule has 7 aromatic carbocycles. The van der Waals surface area contributed by atoms with Crippen molar-refractivity contribution in [3.05, 3.63) is 251 Å². The summed E-state index contributed by atoms with van der Waals surface area (Å²) in [5.74, 6) is 4.70. The van der Waals surface area contributed by atoms with Gasteiger partial charge in [-0.15, -0.1) is 0 Å². The fourth-order valence-corrected chi connectivity index (χ4v) is 12.5. The molecule has 0 saturated heterocycles. The van der Waals surface area contributed by atoms with Crippen molar-refractivity contribution in [1.82, 2.24) is 50.1 Å². The number of rotatable bonds is 5. The molecule has 0 saturated carbocycles. The lowest BCUT2D eigenvalue weighted by Crippen LogP contribution is -2.10. The second-order valence-electron chi connectivity index (χ2n) is 31.4. The minimum Gasteiger partial charge on any atom is -0.464 e. The van der Waals surface area contributed by atoms with Crippen molar-refractivity contribution >= 4 is 94.1 Å². The van der Waals surface area contributed by atoms with Crippen LogP contribution in [0.4, 0.5) is 17.5 Å². The number of hydrogen-bond acceptors (Lipinski definition) is 9. The number of benzene rings is 7. The van der Waals surface area contributed by atoms with Crippen molar-refractivity contribution in [3.63, 3.8) is 0 Å². The molecule has 0 aliphatic carbocycles. The standard InChI is InChI=1S/C14H16.C12H15N.C12H14O.C11H14N2.2C10H13N3.C10H14N2.C10H12N2/c1-14(2,3)13-9-8-11-6-4-5-7-12(11)10-13;2*1-12(2,3)10-4-5-11-9(8-10)6-7-13-11;1-7(2)9-5-4-6-10-11(9)13-8(3)12-10;1-6(2)7-4-3-5-8-9(7)13-10(11)12-8;1-6(2)7-4-3-5-8-9(7)12-13-10(8)11;2*1-7(2)8-3-5-11-9-4-6-12-10(8)9/h4-10H,1-3H3;4-8,13H,1-3H3;4-8H,1-3H3;4-7H,1-3H3,(H,12,13);2*3-6H,1-2H3,(H3,11,12,13);3,5,7,12H,4,6H2,1-2H3;3-7,12H,1-2H3. The molecular weight excluding hydrogens is 1270 g/mol. The fraction of sp³-hybridized carbons (Fsp3) is 0.337. The third kappa shape index (κ3) is 19.8. The second-order valence-corrected chi connectivity index (χ2v) is 31.4. The van der Waals surface area contributed by atoms with E-state index in [-0.39, 0.29) is 16.2 Å². The van der Waals surface area contributed by atoms with Crippen LogP contribution in [0.1, 0.15) is 217 Å². The third-order valence-corrected chi connectivity index (χ3v) is 18.6. The van der Waals surface area contributed by atoms with Gasteiger partial charge in [0.15, 0.2) is 11.8 Å². The first-order valence-electron chi connectivity index (χ1n) is 36.5. The maximum Gasteiger partial charge on any atom is 0.198 e. The number of fused-ring (bicyclic) bond motifs is 8. The molecule has 0 spiro atoms. The number of imidazole rings is 2. The first-order valence-corrected chi connectivity index (χ1v) is 36.5.